The van der Waals surface area contributed by atoms with Crippen LogP contribution in [0.2, 0.25) is 5.02 Å². The quantitative estimate of drug-likeness (QED) is 0.585. The van der Waals surface area contributed by atoms with Gasteiger partial charge in [-0.3, -0.25) is 0 Å². The fraction of sp³-hybridized carbons (Fsp3) is 0.100. The maximum absolute atomic E-state index is 12.2. The number of hydrogen-bond donors (Lipinski definition) is 0. The van der Waals surface area contributed by atoms with Crippen LogP contribution in [0.15, 0.2) is 58.7 Å². The van der Waals surface area contributed by atoms with E-state index in [4.69, 9.17) is 30.5 Å². The standard InChI is InChI=1S/C20H12ClNO5/c21-14-2-4-16-13(7-14)5-11(9-24-16)6-15-20(23)27-19(22-15)12-1-3-17-18(8-12)26-10-25-17/h1-8H,9-10H2/b15-6-. The number of aliphatic imine (C=N–C) groups is 1. The van der Waals surface area contributed by atoms with Crippen LogP contribution < -0.4 is 14.2 Å². The van der Waals surface area contributed by atoms with E-state index in [2.05, 4.69) is 4.99 Å². The molecule has 3 aliphatic rings. The predicted octanol–water partition coefficient (Wildman–Crippen LogP) is 3.73. The first-order valence-corrected chi connectivity index (χ1v) is 8.59. The van der Waals surface area contributed by atoms with Crippen molar-refractivity contribution in [1.29, 1.82) is 0 Å². The van der Waals surface area contributed by atoms with Gasteiger partial charge in [0.2, 0.25) is 12.7 Å². The van der Waals surface area contributed by atoms with Crippen LogP contribution in [0.1, 0.15) is 11.1 Å². The number of ether oxygens (including phenoxy) is 4. The van der Waals surface area contributed by atoms with E-state index in [1.165, 1.54) is 0 Å². The van der Waals surface area contributed by atoms with Crippen LogP contribution >= 0.6 is 11.6 Å². The predicted molar refractivity (Wildman–Crippen MR) is 98.2 cm³/mol. The molecule has 0 fully saturated rings. The third kappa shape index (κ3) is 2.94. The Labute approximate surface area is 159 Å². The number of esters is 1. The Hall–Kier alpha value is -3.25. The Kier molecular flexibility index (Phi) is 3.65. The van der Waals surface area contributed by atoms with E-state index in [0.717, 1.165) is 16.9 Å². The highest BCUT2D eigenvalue weighted by atomic mass is 35.5. The first-order valence-electron chi connectivity index (χ1n) is 8.21. The Morgan fingerprint density at radius 3 is 2.78 bits per heavy atom. The van der Waals surface area contributed by atoms with Gasteiger partial charge in [-0.2, -0.15) is 0 Å². The van der Waals surface area contributed by atoms with E-state index >= 15 is 0 Å². The summed E-state index contributed by atoms with van der Waals surface area (Å²) in [6.07, 6.45) is 3.57. The zero-order valence-corrected chi connectivity index (χ0v) is 14.7. The van der Waals surface area contributed by atoms with Gasteiger partial charge >= 0.3 is 5.97 Å². The normalized spacial score (nSPS) is 18.6. The molecule has 0 saturated carbocycles. The molecule has 0 unspecified atom stereocenters. The van der Waals surface area contributed by atoms with Crippen LogP contribution in [0, 0.1) is 0 Å². The van der Waals surface area contributed by atoms with Crippen molar-refractivity contribution in [2.45, 2.75) is 0 Å². The SMILES string of the molecule is O=C1OC(c2ccc3c(c2)OCO3)=N/C1=C\C1=Cc2cc(Cl)ccc2OC1. The van der Waals surface area contributed by atoms with E-state index in [1.807, 2.05) is 18.2 Å². The van der Waals surface area contributed by atoms with Crippen LogP contribution in [-0.2, 0) is 9.53 Å². The van der Waals surface area contributed by atoms with Crippen LogP contribution in [-0.4, -0.2) is 25.3 Å². The molecule has 6 nitrogen and oxygen atoms in total. The van der Waals surface area contributed by atoms with Gasteiger partial charge in [-0.1, -0.05) is 11.6 Å². The largest absolute Gasteiger partial charge is 0.488 e. The van der Waals surface area contributed by atoms with E-state index in [1.54, 1.807) is 30.3 Å². The average molecular weight is 382 g/mol. The molecule has 134 valence electrons. The molecule has 5 rings (SSSR count). The summed E-state index contributed by atoms with van der Waals surface area (Å²) in [5.74, 6) is 1.72. The maximum atomic E-state index is 12.2. The van der Waals surface area contributed by atoms with Crippen molar-refractivity contribution in [1.82, 2.24) is 0 Å². The fourth-order valence-electron chi connectivity index (χ4n) is 2.99. The summed E-state index contributed by atoms with van der Waals surface area (Å²) in [4.78, 5) is 16.5. The number of cyclic esters (lactones) is 1. The Bertz CT molecular complexity index is 1070. The maximum Gasteiger partial charge on any atom is 0.363 e. The van der Waals surface area contributed by atoms with E-state index in [-0.39, 0.29) is 18.4 Å². The van der Waals surface area contributed by atoms with Gasteiger partial charge in [-0.15, -0.1) is 0 Å². The van der Waals surface area contributed by atoms with E-state index in [9.17, 15) is 4.79 Å². The first kappa shape index (κ1) is 16.0. The molecule has 0 aliphatic carbocycles. The number of carbonyl (C=O) groups is 1. The second kappa shape index (κ2) is 6.17. The van der Waals surface area contributed by atoms with Crippen LogP contribution in [0.25, 0.3) is 6.08 Å². The van der Waals surface area contributed by atoms with Crippen molar-refractivity contribution in [3.8, 4) is 17.2 Å². The molecular formula is C20H12ClNO5. The zero-order valence-electron chi connectivity index (χ0n) is 13.9. The molecule has 0 atom stereocenters. The van der Waals surface area contributed by atoms with Gasteiger partial charge < -0.3 is 18.9 Å². The minimum Gasteiger partial charge on any atom is -0.488 e. The summed E-state index contributed by atoms with van der Waals surface area (Å²) in [7, 11) is 0. The minimum atomic E-state index is -0.513. The van der Waals surface area contributed by atoms with Gasteiger partial charge in [-0.05, 0) is 54.1 Å². The molecule has 3 heterocycles. The molecule has 0 spiro atoms. The monoisotopic (exact) mass is 381 g/mol. The molecule has 0 saturated heterocycles. The smallest absolute Gasteiger partial charge is 0.363 e. The summed E-state index contributed by atoms with van der Waals surface area (Å²) in [5.41, 5.74) is 2.50. The highest BCUT2D eigenvalue weighted by Gasteiger charge is 2.26. The molecule has 0 N–H and O–H groups in total. The molecule has 0 radical (unpaired) electrons. The molecule has 7 heteroatoms. The van der Waals surface area contributed by atoms with Crippen molar-refractivity contribution in [3.05, 3.63) is 69.9 Å². The Morgan fingerprint density at radius 1 is 1.00 bits per heavy atom. The van der Waals surface area contributed by atoms with Gasteiger partial charge in [0, 0.05) is 16.1 Å². The first-order chi connectivity index (χ1) is 13.2. The lowest BCUT2D eigenvalue weighted by Gasteiger charge is -2.16. The van der Waals surface area contributed by atoms with E-state index < -0.39 is 5.97 Å². The highest BCUT2D eigenvalue weighted by molar-refractivity contribution is 6.30. The van der Waals surface area contributed by atoms with Crippen molar-refractivity contribution in [2.24, 2.45) is 4.99 Å². The Morgan fingerprint density at radius 2 is 1.85 bits per heavy atom. The topological polar surface area (TPSA) is 66.4 Å². The molecule has 2 aromatic rings. The van der Waals surface area contributed by atoms with Crippen LogP contribution in [0.4, 0.5) is 0 Å². The number of nitrogens with zero attached hydrogens (tertiary/aromatic N) is 1. The third-order valence-electron chi connectivity index (χ3n) is 4.27. The molecule has 0 bridgehead atoms. The van der Waals surface area contributed by atoms with Gasteiger partial charge in [0.15, 0.2) is 17.2 Å². The second-order valence-electron chi connectivity index (χ2n) is 6.09. The van der Waals surface area contributed by atoms with Gasteiger partial charge in [0.1, 0.15) is 12.4 Å². The molecule has 2 aromatic carbocycles. The number of hydrogen-bond acceptors (Lipinski definition) is 6. The molecule has 0 amide bonds. The second-order valence-corrected chi connectivity index (χ2v) is 6.53. The fourth-order valence-corrected chi connectivity index (χ4v) is 3.17. The molecule has 0 aromatic heterocycles. The van der Waals surface area contributed by atoms with E-state index in [0.29, 0.717) is 28.7 Å². The summed E-state index contributed by atoms with van der Waals surface area (Å²) >= 11 is 6.03. The van der Waals surface area contributed by atoms with Crippen molar-refractivity contribution >= 4 is 29.5 Å². The van der Waals surface area contributed by atoms with Gasteiger partial charge in [0.05, 0.1) is 0 Å². The summed E-state index contributed by atoms with van der Waals surface area (Å²) in [6.45, 7) is 0.510. The molecule has 3 aliphatic heterocycles. The van der Waals surface area contributed by atoms with Crippen LogP contribution in [0.5, 0.6) is 17.2 Å². The third-order valence-corrected chi connectivity index (χ3v) is 4.50. The average Bonchev–Trinajstić information content (AvgIpc) is 3.27. The minimum absolute atomic E-state index is 0.176. The number of carbonyl (C=O) groups excluding carboxylic acids is 1. The number of fused-ring (bicyclic) bond motifs is 2. The van der Waals surface area contributed by atoms with Crippen molar-refractivity contribution in [2.75, 3.05) is 13.4 Å². The Balaban J connectivity index is 1.46. The number of rotatable bonds is 2. The van der Waals surface area contributed by atoms with Crippen molar-refractivity contribution in [3.63, 3.8) is 0 Å². The lowest BCUT2D eigenvalue weighted by Crippen LogP contribution is -2.08. The lowest BCUT2D eigenvalue weighted by atomic mass is 10.1. The van der Waals surface area contributed by atoms with Crippen LogP contribution in [0.3, 0.4) is 0 Å². The highest BCUT2D eigenvalue weighted by Crippen LogP contribution is 2.34. The number of benzene rings is 2. The van der Waals surface area contributed by atoms with Crippen molar-refractivity contribution < 1.29 is 23.7 Å². The summed E-state index contributed by atoms with van der Waals surface area (Å²) < 4.78 is 21.6. The van der Waals surface area contributed by atoms with Gasteiger partial charge in [0.25, 0.3) is 0 Å². The molecule has 27 heavy (non-hydrogen) atoms. The summed E-state index contributed by atoms with van der Waals surface area (Å²) in [5, 5.41) is 0.617. The number of halogens is 1. The van der Waals surface area contributed by atoms with Gasteiger partial charge in [-0.25, -0.2) is 9.79 Å². The molecular weight excluding hydrogens is 370 g/mol. The summed E-state index contributed by atoms with van der Waals surface area (Å²) in [6, 6.07) is 10.7. The lowest BCUT2D eigenvalue weighted by molar-refractivity contribution is -0.130. The zero-order chi connectivity index (χ0) is 18.4.